The Hall–Kier alpha value is -2.70. The van der Waals surface area contributed by atoms with Crippen molar-refractivity contribution in [3.05, 3.63) is 71.8 Å². The lowest BCUT2D eigenvalue weighted by atomic mass is 9.69. The minimum Gasteiger partial charge on any atom is -0.453 e. The molecule has 2 N–H and O–H groups in total. The first-order valence-corrected chi connectivity index (χ1v) is 10.7. The Kier molecular flexibility index (Phi) is 4.18. The topological polar surface area (TPSA) is 76.7 Å². The summed E-state index contributed by atoms with van der Waals surface area (Å²) < 4.78 is 12.0. The molecular weight excluding hydrogens is 380 g/mol. The van der Waals surface area contributed by atoms with Crippen LogP contribution in [0.15, 0.2) is 60.7 Å². The molecular formula is C24H24N2O4. The standard InChI is InChI=1S/C24H24N2O4/c27-23(13-7-3-1-4-8-13)29-21-19-17-15-11-12-16(25-15)18(17)20(26-19)22(21)30-24(28)14-9-5-2-6-10-14/h1-10,15-22,25-26H,11-12H2. The Balaban J connectivity index is 1.28. The van der Waals surface area contributed by atoms with Gasteiger partial charge in [-0.2, -0.15) is 0 Å². The zero-order chi connectivity index (χ0) is 20.2. The van der Waals surface area contributed by atoms with E-state index in [0.29, 0.717) is 35.0 Å². The monoisotopic (exact) mass is 404 g/mol. The zero-order valence-electron chi connectivity index (χ0n) is 16.4. The van der Waals surface area contributed by atoms with E-state index in [0.717, 1.165) is 12.8 Å². The zero-order valence-corrected chi connectivity index (χ0v) is 16.4. The molecule has 4 heterocycles. The Bertz CT molecular complexity index is 888. The molecule has 0 spiro atoms. The average molecular weight is 404 g/mol. The van der Waals surface area contributed by atoms with E-state index in [9.17, 15) is 9.59 Å². The molecule has 4 bridgehead atoms. The molecule has 4 fully saturated rings. The summed E-state index contributed by atoms with van der Waals surface area (Å²) in [4.78, 5) is 25.6. The van der Waals surface area contributed by atoms with Crippen LogP contribution in [-0.2, 0) is 9.47 Å². The van der Waals surface area contributed by atoms with E-state index in [4.69, 9.17) is 9.47 Å². The summed E-state index contributed by atoms with van der Waals surface area (Å²) in [5.74, 6) is 0.0785. The van der Waals surface area contributed by atoms with Crippen LogP contribution < -0.4 is 10.6 Å². The molecule has 4 aliphatic rings. The van der Waals surface area contributed by atoms with Gasteiger partial charge in [-0.05, 0) is 48.9 Å². The van der Waals surface area contributed by atoms with Crippen LogP contribution in [0.25, 0.3) is 0 Å². The van der Waals surface area contributed by atoms with Gasteiger partial charge in [-0.15, -0.1) is 0 Å². The van der Waals surface area contributed by atoms with Crippen molar-refractivity contribution in [3.63, 3.8) is 0 Å². The fraction of sp³-hybridized carbons (Fsp3) is 0.417. The Morgan fingerprint density at radius 3 is 1.53 bits per heavy atom. The van der Waals surface area contributed by atoms with E-state index >= 15 is 0 Å². The number of esters is 2. The summed E-state index contributed by atoms with van der Waals surface area (Å²) >= 11 is 0. The largest absolute Gasteiger partial charge is 0.453 e. The molecule has 2 aromatic carbocycles. The molecule has 0 aromatic heterocycles. The van der Waals surface area contributed by atoms with E-state index in [1.807, 2.05) is 36.4 Å². The summed E-state index contributed by atoms with van der Waals surface area (Å²) in [6, 6.07) is 18.9. The minimum absolute atomic E-state index is 0.00374. The highest BCUT2D eigenvalue weighted by molar-refractivity contribution is 5.90. The summed E-state index contributed by atoms with van der Waals surface area (Å²) in [6.07, 6.45) is 1.34. The maximum Gasteiger partial charge on any atom is 0.338 e. The molecule has 6 rings (SSSR count). The molecule has 154 valence electrons. The molecule has 6 heteroatoms. The first kappa shape index (κ1) is 18.1. The number of hydrogen-bond donors (Lipinski definition) is 2. The Morgan fingerprint density at radius 1 is 0.667 bits per heavy atom. The quantitative estimate of drug-likeness (QED) is 0.761. The second-order valence-electron chi connectivity index (χ2n) is 8.80. The van der Waals surface area contributed by atoms with Crippen LogP contribution in [-0.4, -0.2) is 48.3 Å². The molecule has 8 unspecified atom stereocenters. The number of carbonyl (C=O) groups excluding carboxylic acids is 2. The molecule has 0 aliphatic carbocycles. The van der Waals surface area contributed by atoms with Crippen LogP contribution in [0.5, 0.6) is 0 Å². The summed E-state index contributed by atoms with van der Waals surface area (Å²) in [7, 11) is 0. The van der Waals surface area contributed by atoms with Gasteiger partial charge >= 0.3 is 11.9 Å². The average Bonchev–Trinajstić information content (AvgIpc) is 3.55. The third kappa shape index (κ3) is 2.71. The second kappa shape index (κ2) is 6.93. The van der Waals surface area contributed by atoms with Crippen molar-refractivity contribution in [1.82, 2.24) is 10.6 Å². The van der Waals surface area contributed by atoms with Crippen LogP contribution in [0.1, 0.15) is 33.6 Å². The lowest BCUT2D eigenvalue weighted by molar-refractivity contribution is -0.0583. The van der Waals surface area contributed by atoms with Gasteiger partial charge in [-0.3, -0.25) is 0 Å². The van der Waals surface area contributed by atoms with Crippen LogP contribution in [0, 0.1) is 11.8 Å². The molecule has 30 heavy (non-hydrogen) atoms. The van der Waals surface area contributed by atoms with Crippen molar-refractivity contribution in [1.29, 1.82) is 0 Å². The van der Waals surface area contributed by atoms with Crippen LogP contribution in [0.4, 0.5) is 0 Å². The van der Waals surface area contributed by atoms with Crippen LogP contribution in [0.2, 0.25) is 0 Å². The molecule has 0 saturated carbocycles. The summed E-state index contributed by atoms with van der Waals surface area (Å²) in [5.41, 5.74) is 1.02. The van der Waals surface area contributed by atoms with E-state index in [1.54, 1.807) is 24.3 Å². The SMILES string of the molecule is O=C(OC1C2NC(C1OC(=O)c1ccccc1)C1C3CCC(N3)C21)c1ccccc1. The fourth-order valence-corrected chi connectivity index (χ4v) is 6.22. The maximum absolute atomic E-state index is 12.8. The van der Waals surface area contributed by atoms with Crippen molar-refractivity contribution in [2.45, 2.75) is 49.2 Å². The lowest BCUT2D eigenvalue weighted by Gasteiger charge is -2.39. The molecule has 0 amide bonds. The Labute approximate surface area is 174 Å². The number of hydrogen-bond acceptors (Lipinski definition) is 6. The summed E-state index contributed by atoms with van der Waals surface area (Å²) in [6.45, 7) is 0. The number of rotatable bonds is 4. The lowest BCUT2D eigenvalue weighted by Crippen LogP contribution is -2.53. The number of carbonyl (C=O) groups is 2. The second-order valence-corrected chi connectivity index (χ2v) is 8.80. The minimum atomic E-state index is -0.488. The van der Waals surface area contributed by atoms with E-state index in [2.05, 4.69) is 10.6 Å². The number of benzene rings is 2. The van der Waals surface area contributed by atoms with Crippen molar-refractivity contribution >= 4 is 11.9 Å². The van der Waals surface area contributed by atoms with Gasteiger partial charge in [0.05, 0.1) is 23.2 Å². The molecule has 2 aromatic rings. The number of ether oxygens (including phenoxy) is 2. The van der Waals surface area contributed by atoms with Crippen LogP contribution >= 0.6 is 0 Å². The summed E-state index contributed by atoms with van der Waals surface area (Å²) in [5, 5.41) is 7.37. The van der Waals surface area contributed by atoms with Crippen LogP contribution in [0.3, 0.4) is 0 Å². The molecule has 0 radical (unpaired) electrons. The first-order valence-electron chi connectivity index (χ1n) is 10.7. The normalized spacial score (nSPS) is 37.7. The van der Waals surface area contributed by atoms with Gasteiger partial charge in [-0.25, -0.2) is 9.59 Å². The third-order valence-corrected chi connectivity index (χ3v) is 7.34. The first-order chi connectivity index (χ1) is 14.7. The fourth-order valence-electron chi connectivity index (χ4n) is 6.22. The predicted molar refractivity (Wildman–Crippen MR) is 109 cm³/mol. The van der Waals surface area contributed by atoms with Gasteiger partial charge in [0.15, 0.2) is 12.2 Å². The van der Waals surface area contributed by atoms with E-state index < -0.39 is 12.2 Å². The van der Waals surface area contributed by atoms with Gasteiger partial charge in [0, 0.05) is 12.1 Å². The van der Waals surface area contributed by atoms with Gasteiger partial charge < -0.3 is 20.1 Å². The third-order valence-electron chi connectivity index (χ3n) is 7.34. The van der Waals surface area contributed by atoms with Crippen molar-refractivity contribution in [2.75, 3.05) is 0 Å². The highest BCUT2D eigenvalue weighted by Gasteiger charge is 2.68. The predicted octanol–water partition coefficient (Wildman–Crippen LogP) is 2.16. The van der Waals surface area contributed by atoms with Gasteiger partial charge in [0.25, 0.3) is 0 Å². The van der Waals surface area contributed by atoms with E-state index in [1.165, 1.54) is 0 Å². The number of fused-ring (bicyclic) bond motifs is 9. The molecule has 6 nitrogen and oxygen atoms in total. The van der Waals surface area contributed by atoms with E-state index in [-0.39, 0.29) is 24.0 Å². The molecule has 4 aliphatic heterocycles. The van der Waals surface area contributed by atoms with Gasteiger partial charge in [0.2, 0.25) is 0 Å². The Morgan fingerprint density at radius 2 is 1.10 bits per heavy atom. The smallest absolute Gasteiger partial charge is 0.338 e. The van der Waals surface area contributed by atoms with Gasteiger partial charge in [-0.1, -0.05) is 36.4 Å². The number of nitrogens with one attached hydrogen (secondary N) is 2. The van der Waals surface area contributed by atoms with Gasteiger partial charge in [0.1, 0.15) is 0 Å². The van der Waals surface area contributed by atoms with Crippen molar-refractivity contribution in [2.24, 2.45) is 11.8 Å². The van der Waals surface area contributed by atoms with Crippen molar-refractivity contribution < 1.29 is 19.1 Å². The highest BCUT2D eigenvalue weighted by atomic mass is 16.6. The molecule has 4 saturated heterocycles. The van der Waals surface area contributed by atoms with Crippen molar-refractivity contribution in [3.8, 4) is 0 Å². The molecule has 8 atom stereocenters. The maximum atomic E-state index is 12.8. The highest BCUT2D eigenvalue weighted by Crippen LogP contribution is 2.52.